The van der Waals surface area contributed by atoms with Crippen LogP contribution in [0.3, 0.4) is 0 Å². The highest BCUT2D eigenvalue weighted by Crippen LogP contribution is 2.32. The van der Waals surface area contributed by atoms with E-state index in [-0.39, 0.29) is 5.82 Å². The Morgan fingerprint density at radius 2 is 1.69 bits per heavy atom. The standard InChI is InChI=1S/C27H28FN5O2/c1-18-15-25-26(17-22(18)23-16-21(34-2)9-10-24(23)28)31-32-27(30-25)29-19-5-7-20(8-6-19)35-14-13-33-11-3-4-12-33/h5-10,15-17H,3-4,11-14H2,1-2H3,(H,29,30,32). The molecule has 0 bridgehead atoms. The number of methoxy groups -OCH3 is 1. The molecule has 0 radical (unpaired) electrons. The number of aromatic nitrogens is 3. The van der Waals surface area contributed by atoms with E-state index in [4.69, 9.17) is 9.47 Å². The molecule has 3 aromatic carbocycles. The maximum absolute atomic E-state index is 14.5. The van der Waals surface area contributed by atoms with Crippen molar-refractivity contribution in [2.75, 3.05) is 38.7 Å². The summed E-state index contributed by atoms with van der Waals surface area (Å²) in [5, 5.41) is 11.7. The Hall–Kier alpha value is -3.78. The summed E-state index contributed by atoms with van der Waals surface area (Å²) in [4.78, 5) is 7.03. The van der Waals surface area contributed by atoms with E-state index in [9.17, 15) is 4.39 Å². The van der Waals surface area contributed by atoms with Gasteiger partial charge < -0.3 is 14.8 Å². The molecule has 1 aliphatic rings. The van der Waals surface area contributed by atoms with Gasteiger partial charge in [-0.1, -0.05) is 0 Å². The number of aryl methyl sites for hydroxylation is 1. The van der Waals surface area contributed by atoms with E-state index in [1.54, 1.807) is 25.3 Å². The first-order chi connectivity index (χ1) is 17.1. The van der Waals surface area contributed by atoms with E-state index in [1.807, 2.05) is 37.3 Å². The van der Waals surface area contributed by atoms with Crippen molar-refractivity contribution in [1.82, 2.24) is 20.1 Å². The number of benzene rings is 3. The van der Waals surface area contributed by atoms with Crippen molar-refractivity contribution in [1.29, 1.82) is 0 Å². The van der Waals surface area contributed by atoms with Crippen LogP contribution in [0.15, 0.2) is 54.6 Å². The maximum Gasteiger partial charge on any atom is 0.247 e. The zero-order valence-corrected chi connectivity index (χ0v) is 19.9. The summed E-state index contributed by atoms with van der Waals surface area (Å²) >= 11 is 0. The molecule has 1 aliphatic heterocycles. The van der Waals surface area contributed by atoms with Gasteiger partial charge in [0.15, 0.2) is 0 Å². The summed E-state index contributed by atoms with van der Waals surface area (Å²) in [6.45, 7) is 5.91. The second-order valence-electron chi connectivity index (χ2n) is 8.68. The SMILES string of the molecule is COc1ccc(F)c(-c2cc3nnc(Nc4ccc(OCCN5CCCC5)cc4)nc3cc2C)c1. The van der Waals surface area contributed by atoms with Gasteiger partial charge in [0.25, 0.3) is 0 Å². The second-order valence-corrected chi connectivity index (χ2v) is 8.68. The van der Waals surface area contributed by atoms with Crippen LogP contribution in [-0.2, 0) is 0 Å². The van der Waals surface area contributed by atoms with E-state index in [0.717, 1.165) is 29.1 Å². The molecule has 0 saturated carbocycles. The third-order valence-electron chi connectivity index (χ3n) is 6.25. The van der Waals surface area contributed by atoms with E-state index in [1.165, 1.54) is 32.0 Å². The summed E-state index contributed by atoms with van der Waals surface area (Å²) in [6, 6.07) is 16.1. The Morgan fingerprint density at radius 3 is 2.46 bits per heavy atom. The van der Waals surface area contributed by atoms with Gasteiger partial charge in [-0.15, -0.1) is 10.2 Å². The third-order valence-corrected chi connectivity index (χ3v) is 6.25. The monoisotopic (exact) mass is 473 g/mol. The van der Waals surface area contributed by atoms with Gasteiger partial charge in [0, 0.05) is 17.8 Å². The predicted molar refractivity (Wildman–Crippen MR) is 135 cm³/mol. The van der Waals surface area contributed by atoms with Crippen molar-refractivity contribution in [2.45, 2.75) is 19.8 Å². The molecule has 0 unspecified atom stereocenters. The topological polar surface area (TPSA) is 72.4 Å². The van der Waals surface area contributed by atoms with E-state index in [2.05, 4.69) is 25.4 Å². The number of rotatable bonds is 8. The van der Waals surface area contributed by atoms with Crippen molar-refractivity contribution in [3.8, 4) is 22.6 Å². The van der Waals surface area contributed by atoms with Gasteiger partial charge in [-0.2, -0.15) is 0 Å². The Bertz CT molecular complexity index is 1320. The van der Waals surface area contributed by atoms with Gasteiger partial charge in [-0.25, -0.2) is 9.37 Å². The molecule has 5 rings (SSSR count). The lowest BCUT2D eigenvalue weighted by Crippen LogP contribution is -2.25. The Morgan fingerprint density at radius 1 is 0.914 bits per heavy atom. The van der Waals surface area contributed by atoms with E-state index < -0.39 is 0 Å². The van der Waals surface area contributed by atoms with Crippen molar-refractivity contribution in [3.63, 3.8) is 0 Å². The smallest absolute Gasteiger partial charge is 0.247 e. The molecule has 1 aromatic heterocycles. The molecule has 1 fully saturated rings. The molecule has 1 N–H and O–H groups in total. The summed E-state index contributed by atoms with van der Waals surface area (Å²) in [5.74, 6) is 1.49. The Labute approximate surface area is 203 Å². The van der Waals surface area contributed by atoms with Crippen LogP contribution in [0.5, 0.6) is 11.5 Å². The maximum atomic E-state index is 14.5. The van der Waals surface area contributed by atoms with Gasteiger partial charge in [0.05, 0.1) is 12.6 Å². The lowest BCUT2D eigenvalue weighted by Gasteiger charge is -2.15. The van der Waals surface area contributed by atoms with Crippen LogP contribution < -0.4 is 14.8 Å². The fourth-order valence-electron chi connectivity index (χ4n) is 4.33. The number of nitrogens with zero attached hydrogens (tertiary/aromatic N) is 4. The number of hydrogen-bond acceptors (Lipinski definition) is 7. The van der Waals surface area contributed by atoms with Crippen molar-refractivity contribution < 1.29 is 13.9 Å². The van der Waals surface area contributed by atoms with Crippen LogP contribution >= 0.6 is 0 Å². The molecule has 7 nitrogen and oxygen atoms in total. The van der Waals surface area contributed by atoms with Gasteiger partial charge in [-0.3, -0.25) is 4.90 Å². The molecule has 0 amide bonds. The zero-order chi connectivity index (χ0) is 24.2. The molecule has 2 heterocycles. The van der Waals surface area contributed by atoms with Crippen LogP contribution in [0.2, 0.25) is 0 Å². The van der Waals surface area contributed by atoms with Crippen LogP contribution in [0.25, 0.3) is 22.2 Å². The number of fused-ring (bicyclic) bond motifs is 1. The number of anilines is 2. The number of hydrogen-bond donors (Lipinski definition) is 1. The largest absolute Gasteiger partial charge is 0.497 e. The zero-order valence-electron chi connectivity index (χ0n) is 19.9. The lowest BCUT2D eigenvalue weighted by atomic mass is 9.99. The van der Waals surface area contributed by atoms with Crippen molar-refractivity contribution in [2.24, 2.45) is 0 Å². The number of likely N-dealkylation sites (tertiary alicyclic amines) is 1. The highest BCUT2D eigenvalue weighted by Gasteiger charge is 2.13. The summed E-state index contributed by atoms with van der Waals surface area (Å²) in [6.07, 6.45) is 2.57. The fourth-order valence-corrected chi connectivity index (χ4v) is 4.33. The van der Waals surface area contributed by atoms with Gasteiger partial charge in [0.1, 0.15) is 29.4 Å². The van der Waals surface area contributed by atoms with Crippen molar-refractivity contribution in [3.05, 3.63) is 66.0 Å². The van der Waals surface area contributed by atoms with E-state index >= 15 is 0 Å². The molecule has 0 spiro atoms. The average molecular weight is 474 g/mol. The highest BCUT2D eigenvalue weighted by molar-refractivity contribution is 5.84. The number of halogens is 1. The van der Waals surface area contributed by atoms with Crippen LogP contribution in [0.1, 0.15) is 18.4 Å². The van der Waals surface area contributed by atoms with Crippen LogP contribution in [-0.4, -0.2) is 53.4 Å². The first kappa shape index (κ1) is 23.0. The summed E-state index contributed by atoms with van der Waals surface area (Å²) in [5.41, 5.74) is 4.16. The van der Waals surface area contributed by atoms with Gasteiger partial charge in [0.2, 0.25) is 5.95 Å². The first-order valence-electron chi connectivity index (χ1n) is 11.8. The minimum atomic E-state index is -0.323. The Kier molecular flexibility index (Phi) is 6.72. The average Bonchev–Trinajstić information content (AvgIpc) is 3.39. The van der Waals surface area contributed by atoms with Crippen LogP contribution in [0, 0.1) is 12.7 Å². The van der Waals surface area contributed by atoms with Crippen molar-refractivity contribution >= 4 is 22.7 Å². The first-order valence-corrected chi connectivity index (χ1v) is 11.8. The van der Waals surface area contributed by atoms with E-state index in [0.29, 0.717) is 34.9 Å². The number of ether oxygens (including phenoxy) is 2. The van der Waals surface area contributed by atoms with Crippen LogP contribution in [0.4, 0.5) is 16.0 Å². The normalized spacial score (nSPS) is 13.8. The summed E-state index contributed by atoms with van der Waals surface area (Å²) in [7, 11) is 1.56. The minimum Gasteiger partial charge on any atom is -0.497 e. The molecule has 0 atom stereocenters. The highest BCUT2D eigenvalue weighted by atomic mass is 19.1. The molecular formula is C27H28FN5O2. The predicted octanol–water partition coefficient (Wildman–Crippen LogP) is 5.37. The molecule has 8 heteroatoms. The molecule has 1 saturated heterocycles. The molecule has 0 aliphatic carbocycles. The fraction of sp³-hybridized carbons (Fsp3) is 0.296. The van der Waals surface area contributed by atoms with Gasteiger partial charge >= 0.3 is 0 Å². The Balaban J connectivity index is 1.28. The quantitative estimate of drug-likeness (QED) is 0.369. The lowest BCUT2D eigenvalue weighted by molar-refractivity contribution is 0.238. The minimum absolute atomic E-state index is 0.323. The molecule has 4 aromatic rings. The van der Waals surface area contributed by atoms with Gasteiger partial charge in [-0.05, 0) is 98.6 Å². The second kappa shape index (κ2) is 10.2. The molecule has 180 valence electrons. The summed E-state index contributed by atoms with van der Waals surface area (Å²) < 4.78 is 25.6. The molecular weight excluding hydrogens is 445 g/mol. The third kappa shape index (κ3) is 5.33. The molecule has 35 heavy (non-hydrogen) atoms. The number of nitrogens with one attached hydrogen (secondary N) is 1.